The van der Waals surface area contributed by atoms with Crippen molar-refractivity contribution in [1.29, 1.82) is 0 Å². The van der Waals surface area contributed by atoms with Gasteiger partial charge in [-0.25, -0.2) is 0 Å². The molecule has 0 aromatic heterocycles. The van der Waals surface area contributed by atoms with E-state index in [1.807, 2.05) is 6.07 Å². The molecule has 1 atom stereocenters. The van der Waals surface area contributed by atoms with Crippen molar-refractivity contribution in [3.63, 3.8) is 0 Å². The molecule has 1 aromatic carbocycles. The van der Waals surface area contributed by atoms with Gasteiger partial charge in [0.15, 0.2) is 5.96 Å². The Bertz CT molecular complexity index is 427. The average Bonchev–Trinajstić information content (AvgIpc) is 2.88. The fourth-order valence-corrected chi connectivity index (χ4v) is 3.03. The first-order chi connectivity index (χ1) is 10.3. The standard InChI is InChI=1S/C18H29N3/c1-2-3-4-5-6-7-9-14-17-15-20-18(19)21(17)16-12-10-8-11-13-16/h8,10-13,17H,2-7,9,14-15H2,1H3,(H2,19,20). The van der Waals surface area contributed by atoms with Crippen molar-refractivity contribution in [3.8, 4) is 0 Å². The monoisotopic (exact) mass is 287 g/mol. The lowest BCUT2D eigenvalue weighted by atomic mass is 10.0. The van der Waals surface area contributed by atoms with Gasteiger partial charge in [0.05, 0.1) is 12.6 Å². The number of nitrogens with zero attached hydrogens (tertiary/aromatic N) is 2. The fraction of sp³-hybridized carbons (Fsp3) is 0.611. The third kappa shape index (κ3) is 4.76. The van der Waals surface area contributed by atoms with Crippen LogP contribution in [0.1, 0.15) is 58.3 Å². The summed E-state index contributed by atoms with van der Waals surface area (Å²) >= 11 is 0. The van der Waals surface area contributed by atoms with Crippen molar-refractivity contribution in [2.24, 2.45) is 10.7 Å². The highest BCUT2D eigenvalue weighted by atomic mass is 15.3. The highest BCUT2D eigenvalue weighted by molar-refractivity contribution is 5.97. The smallest absolute Gasteiger partial charge is 0.196 e. The summed E-state index contributed by atoms with van der Waals surface area (Å²) in [6, 6.07) is 10.8. The molecule has 116 valence electrons. The molecule has 1 aromatic rings. The van der Waals surface area contributed by atoms with Gasteiger partial charge in [-0.1, -0.05) is 70.1 Å². The molecule has 0 fully saturated rings. The number of rotatable bonds is 9. The van der Waals surface area contributed by atoms with Gasteiger partial charge >= 0.3 is 0 Å². The van der Waals surface area contributed by atoms with E-state index < -0.39 is 0 Å². The Balaban J connectivity index is 1.73. The number of guanidine groups is 1. The number of nitrogens with two attached hydrogens (primary N) is 1. The van der Waals surface area contributed by atoms with Gasteiger partial charge in [-0.3, -0.25) is 4.99 Å². The molecule has 2 rings (SSSR count). The van der Waals surface area contributed by atoms with Crippen molar-refractivity contribution >= 4 is 11.6 Å². The van der Waals surface area contributed by atoms with E-state index in [-0.39, 0.29) is 0 Å². The number of hydrogen-bond donors (Lipinski definition) is 1. The third-order valence-corrected chi connectivity index (χ3v) is 4.25. The topological polar surface area (TPSA) is 41.6 Å². The SMILES string of the molecule is CCCCCCCCCC1CN=C(N)N1c1ccccc1. The van der Waals surface area contributed by atoms with Crippen LogP contribution >= 0.6 is 0 Å². The normalized spacial score (nSPS) is 18.0. The predicted octanol–water partition coefficient (Wildman–Crippen LogP) is 4.33. The van der Waals surface area contributed by atoms with Crippen LogP contribution in [0.25, 0.3) is 0 Å². The zero-order valence-electron chi connectivity index (χ0n) is 13.3. The van der Waals surface area contributed by atoms with E-state index >= 15 is 0 Å². The van der Waals surface area contributed by atoms with Crippen molar-refractivity contribution in [2.75, 3.05) is 11.4 Å². The van der Waals surface area contributed by atoms with Crippen molar-refractivity contribution in [2.45, 2.75) is 64.3 Å². The van der Waals surface area contributed by atoms with Crippen LogP contribution in [-0.4, -0.2) is 18.5 Å². The highest BCUT2D eigenvalue weighted by Crippen LogP contribution is 2.23. The van der Waals surface area contributed by atoms with Gasteiger partial charge < -0.3 is 10.6 Å². The number of anilines is 1. The van der Waals surface area contributed by atoms with Gasteiger partial charge in [0.25, 0.3) is 0 Å². The molecule has 1 aliphatic heterocycles. The van der Waals surface area contributed by atoms with E-state index in [1.165, 1.54) is 57.1 Å². The largest absolute Gasteiger partial charge is 0.370 e. The Hall–Kier alpha value is -1.51. The maximum absolute atomic E-state index is 6.06. The number of unbranched alkanes of at least 4 members (excludes halogenated alkanes) is 6. The van der Waals surface area contributed by atoms with Crippen LogP contribution in [0.4, 0.5) is 5.69 Å². The molecular weight excluding hydrogens is 258 g/mol. The van der Waals surface area contributed by atoms with Crippen LogP contribution in [0.5, 0.6) is 0 Å². The molecule has 2 N–H and O–H groups in total. The maximum atomic E-state index is 6.06. The number of benzene rings is 1. The Kier molecular flexibility index (Phi) is 6.58. The summed E-state index contributed by atoms with van der Waals surface area (Å²) in [6.45, 7) is 3.11. The maximum Gasteiger partial charge on any atom is 0.196 e. The fourth-order valence-electron chi connectivity index (χ4n) is 3.03. The van der Waals surface area contributed by atoms with Crippen molar-refractivity contribution in [3.05, 3.63) is 30.3 Å². The van der Waals surface area contributed by atoms with Gasteiger partial charge in [-0.05, 0) is 18.6 Å². The lowest BCUT2D eigenvalue weighted by Crippen LogP contribution is -2.40. The van der Waals surface area contributed by atoms with E-state index in [9.17, 15) is 0 Å². The van der Waals surface area contributed by atoms with E-state index in [2.05, 4.69) is 41.1 Å². The zero-order chi connectivity index (χ0) is 14.9. The average molecular weight is 287 g/mol. The second kappa shape index (κ2) is 8.71. The second-order valence-corrected chi connectivity index (χ2v) is 5.97. The molecule has 0 saturated carbocycles. The molecule has 0 radical (unpaired) electrons. The first kappa shape index (κ1) is 15.9. The minimum Gasteiger partial charge on any atom is -0.370 e. The van der Waals surface area contributed by atoms with Crippen LogP contribution in [0.15, 0.2) is 35.3 Å². The molecule has 21 heavy (non-hydrogen) atoms. The Morgan fingerprint density at radius 3 is 2.43 bits per heavy atom. The van der Waals surface area contributed by atoms with Crippen LogP contribution in [-0.2, 0) is 0 Å². The van der Waals surface area contributed by atoms with Crippen LogP contribution in [0.3, 0.4) is 0 Å². The molecule has 1 unspecified atom stereocenters. The second-order valence-electron chi connectivity index (χ2n) is 5.97. The molecule has 0 spiro atoms. The summed E-state index contributed by atoms with van der Waals surface area (Å²) in [5.74, 6) is 0.675. The van der Waals surface area contributed by atoms with Gasteiger partial charge in [0.2, 0.25) is 0 Å². The van der Waals surface area contributed by atoms with Crippen LogP contribution < -0.4 is 10.6 Å². The summed E-state index contributed by atoms with van der Waals surface area (Å²) in [5, 5.41) is 0. The van der Waals surface area contributed by atoms with E-state index in [0.717, 1.165) is 6.54 Å². The summed E-state index contributed by atoms with van der Waals surface area (Å²) in [5.41, 5.74) is 7.23. The Morgan fingerprint density at radius 2 is 1.71 bits per heavy atom. The summed E-state index contributed by atoms with van der Waals surface area (Å²) < 4.78 is 0. The van der Waals surface area contributed by atoms with E-state index in [0.29, 0.717) is 12.0 Å². The Labute approximate surface area is 129 Å². The molecule has 3 nitrogen and oxygen atoms in total. The molecule has 1 aliphatic rings. The molecule has 0 amide bonds. The van der Waals surface area contributed by atoms with Gasteiger partial charge in [-0.15, -0.1) is 0 Å². The van der Waals surface area contributed by atoms with Crippen molar-refractivity contribution < 1.29 is 0 Å². The molecule has 1 heterocycles. The molecule has 0 saturated heterocycles. The predicted molar refractivity (Wildman–Crippen MR) is 91.8 cm³/mol. The Morgan fingerprint density at radius 1 is 1.05 bits per heavy atom. The molecule has 0 bridgehead atoms. The first-order valence-corrected chi connectivity index (χ1v) is 8.47. The van der Waals surface area contributed by atoms with Gasteiger partial charge in [0.1, 0.15) is 0 Å². The zero-order valence-corrected chi connectivity index (χ0v) is 13.3. The highest BCUT2D eigenvalue weighted by Gasteiger charge is 2.26. The first-order valence-electron chi connectivity index (χ1n) is 8.47. The van der Waals surface area contributed by atoms with Gasteiger partial charge in [0, 0.05) is 5.69 Å². The van der Waals surface area contributed by atoms with Crippen LogP contribution in [0.2, 0.25) is 0 Å². The van der Waals surface area contributed by atoms with Crippen molar-refractivity contribution in [1.82, 2.24) is 0 Å². The van der Waals surface area contributed by atoms with Crippen LogP contribution in [0, 0.1) is 0 Å². The molecular formula is C18H29N3. The summed E-state index contributed by atoms with van der Waals surface area (Å²) in [7, 11) is 0. The molecule has 3 heteroatoms. The quantitative estimate of drug-likeness (QED) is 0.687. The minimum atomic E-state index is 0.447. The number of hydrogen-bond acceptors (Lipinski definition) is 3. The summed E-state index contributed by atoms with van der Waals surface area (Å²) in [4.78, 5) is 6.64. The summed E-state index contributed by atoms with van der Waals surface area (Å²) in [6.07, 6.45) is 10.7. The molecule has 0 aliphatic carbocycles. The number of para-hydroxylation sites is 1. The van der Waals surface area contributed by atoms with E-state index in [1.54, 1.807) is 0 Å². The van der Waals surface area contributed by atoms with Gasteiger partial charge in [-0.2, -0.15) is 0 Å². The minimum absolute atomic E-state index is 0.447. The van der Waals surface area contributed by atoms with E-state index in [4.69, 9.17) is 5.73 Å². The third-order valence-electron chi connectivity index (χ3n) is 4.25. The number of aliphatic imine (C=N–C) groups is 1. The lowest BCUT2D eigenvalue weighted by molar-refractivity contribution is 0.541. The lowest BCUT2D eigenvalue weighted by Gasteiger charge is -2.26.